The van der Waals surface area contributed by atoms with Gasteiger partial charge >= 0.3 is 18.2 Å². The number of benzene rings is 1. The van der Waals surface area contributed by atoms with E-state index in [1.807, 2.05) is 0 Å². The average molecular weight is 479 g/mol. The zero-order valence-corrected chi connectivity index (χ0v) is 18.6. The quantitative estimate of drug-likeness (QED) is 0.474. The van der Waals surface area contributed by atoms with Gasteiger partial charge in [0, 0.05) is 31.4 Å². The van der Waals surface area contributed by atoms with Crippen molar-refractivity contribution < 1.29 is 46.9 Å². The summed E-state index contributed by atoms with van der Waals surface area (Å²) in [5.74, 6) is -1.33. The van der Waals surface area contributed by atoms with Gasteiger partial charge in [-0.3, -0.25) is 9.59 Å². The van der Waals surface area contributed by atoms with E-state index in [2.05, 4.69) is 0 Å². The van der Waals surface area contributed by atoms with Gasteiger partial charge in [-0.05, 0) is 31.2 Å². The maximum Gasteiger partial charge on any atom is 0.546 e. The number of hydrogen-bond donors (Lipinski definition) is 3. The second-order valence-electron chi connectivity index (χ2n) is 7.89. The van der Waals surface area contributed by atoms with E-state index in [9.17, 15) is 29.4 Å². The summed E-state index contributed by atoms with van der Waals surface area (Å²) in [6.07, 6.45) is 2.64. The fourth-order valence-corrected chi connectivity index (χ4v) is 4.92. The molecular weight excluding hydrogens is 456 g/mol. The molecule has 3 aliphatic heterocycles. The predicted molar refractivity (Wildman–Crippen MR) is 114 cm³/mol. The molecule has 4 rings (SSSR count). The monoisotopic (exact) mass is 478 g/mol. The van der Waals surface area contributed by atoms with Crippen LogP contribution in [0.2, 0.25) is 0 Å². The molecule has 0 saturated heterocycles. The molecular formula is C21H23ClN4O7. The zero-order chi connectivity index (χ0) is 23.4. The number of rotatable bonds is 6. The molecule has 2 amide bonds. The SMILES string of the molecule is CCC1N(C(=O)O)c2ccc3cc2[N+]1(C(=O)O)N3C1(C(C)=O)C=CN(CCC(=O)O)C=C1.[Cl-]. The van der Waals surface area contributed by atoms with Crippen molar-refractivity contribution in [1.29, 1.82) is 0 Å². The predicted octanol–water partition coefficient (Wildman–Crippen LogP) is -0.209. The average Bonchev–Trinajstić information content (AvgIpc) is 3.17. The molecule has 2 bridgehead atoms. The van der Waals surface area contributed by atoms with Gasteiger partial charge in [-0.2, -0.15) is 9.80 Å². The van der Waals surface area contributed by atoms with Crippen LogP contribution in [-0.2, 0) is 9.59 Å². The lowest BCUT2D eigenvalue weighted by Crippen LogP contribution is -3.00. The van der Waals surface area contributed by atoms with Crippen molar-refractivity contribution in [3.63, 3.8) is 0 Å². The highest BCUT2D eigenvalue weighted by atomic mass is 35.5. The molecule has 1 aromatic carbocycles. The van der Waals surface area contributed by atoms with E-state index in [4.69, 9.17) is 5.11 Å². The molecule has 0 saturated carbocycles. The van der Waals surface area contributed by atoms with Crippen LogP contribution in [0.4, 0.5) is 26.7 Å². The van der Waals surface area contributed by atoms with Crippen molar-refractivity contribution in [2.24, 2.45) is 0 Å². The molecule has 1 aromatic rings. The number of carboxylic acids is 1. The van der Waals surface area contributed by atoms with Gasteiger partial charge in [-0.15, -0.1) is 0 Å². The summed E-state index contributed by atoms with van der Waals surface area (Å²) in [7, 11) is 0. The first kappa shape index (κ1) is 24.1. The second kappa shape index (κ2) is 8.09. The van der Waals surface area contributed by atoms with Crippen LogP contribution >= 0.6 is 0 Å². The summed E-state index contributed by atoms with van der Waals surface area (Å²) in [6.45, 7) is 3.22. The first-order chi connectivity index (χ1) is 15.1. The Hall–Kier alpha value is -3.57. The lowest BCUT2D eigenvalue weighted by molar-refractivity contribution is -0.137. The molecule has 33 heavy (non-hydrogen) atoms. The standard InChI is InChI=1S/C21H22N4O7.ClH/c1-3-17-23(19(29)30)15-5-4-14-12-16(15)25(17,20(31)32)24(14)21(13(2)26)7-10-22(11-8-21)9-6-18(27)28;/h4-5,7-8,10-12,17H,3,6,9H2,1-2H3,(H2-,27,28,29,30,31,32);1H. The number of ketones is 1. The molecule has 0 aromatic heterocycles. The third kappa shape index (κ3) is 3.07. The number of carbonyl (C=O) groups is 4. The van der Waals surface area contributed by atoms with Crippen LogP contribution in [0.3, 0.4) is 0 Å². The number of quaternary nitrogens is 1. The first-order valence-electron chi connectivity index (χ1n) is 10.1. The van der Waals surface area contributed by atoms with Crippen LogP contribution in [0.15, 0.2) is 42.8 Å². The van der Waals surface area contributed by atoms with E-state index >= 15 is 0 Å². The summed E-state index contributed by atoms with van der Waals surface area (Å²) in [6, 6.07) is 4.78. The van der Waals surface area contributed by atoms with Crippen molar-refractivity contribution in [1.82, 2.24) is 9.49 Å². The Bertz CT molecular complexity index is 1090. The van der Waals surface area contributed by atoms with Gasteiger partial charge < -0.3 is 32.6 Å². The Morgan fingerprint density at radius 3 is 2.21 bits per heavy atom. The third-order valence-corrected chi connectivity index (χ3v) is 6.28. The Morgan fingerprint density at radius 2 is 1.73 bits per heavy atom. The minimum Gasteiger partial charge on any atom is -1.00 e. The molecule has 0 radical (unpaired) electrons. The molecule has 12 heteroatoms. The second-order valence-corrected chi connectivity index (χ2v) is 7.89. The van der Waals surface area contributed by atoms with Crippen LogP contribution < -0.4 is 26.9 Å². The number of carbonyl (C=O) groups excluding carboxylic acids is 1. The van der Waals surface area contributed by atoms with E-state index in [1.54, 1.807) is 42.4 Å². The summed E-state index contributed by atoms with van der Waals surface area (Å²) < 4.78 is -0.871. The maximum atomic E-state index is 13.1. The highest BCUT2D eigenvalue weighted by Crippen LogP contribution is 2.57. The van der Waals surface area contributed by atoms with Gasteiger partial charge in [0.25, 0.3) is 0 Å². The number of carboxylic acid groups (broad SMARTS) is 3. The molecule has 11 nitrogen and oxygen atoms in total. The van der Waals surface area contributed by atoms with Gasteiger partial charge in [0.1, 0.15) is 5.69 Å². The van der Waals surface area contributed by atoms with Crippen molar-refractivity contribution >= 4 is 41.0 Å². The minimum atomic E-state index is -1.52. The number of anilines is 2. The fourth-order valence-electron chi connectivity index (χ4n) is 4.92. The first-order valence-corrected chi connectivity index (χ1v) is 10.1. The van der Waals surface area contributed by atoms with Crippen molar-refractivity contribution in [3.8, 4) is 0 Å². The highest BCUT2D eigenvalue weighted by molar-refractivity contribution is 6.08. The van der Waals surface area contributed by atoms with Crippen LogP contribution in [0.25, 0.3) is 0 Å². The van der Waals surface area contributed by atoms with E-state index in [1.165, 1.54) is 24.1 Å². The van der Waals surface area contributed by atoms with Crippen LogP contribution in [0.1, 0.15) is 26.7 Å². The number of halogens is 1. The third-order valence-electron chi connectivity index (χ3n) is 6.28. The van der Waals surface area contributed by atoms with Crippen LogP contribution in [-0.4, -0.2) is 62.4 Å². The number of amides is 2. The lowest BCUT2D eigenvalue weighted by atomic mass is 9.91. The largest absolute Gasteiger partial charge is 1.00 e. The van der Waals surface area contributed by atoms with Crippen molar-refractivity contribution in [2.75, 3.05) is 16.5 Å². The molecule has 2 atom stereocenters. The molecule has 0 aliphatic carbocycles. The highest BCUT2D eigenvalue weighted by Gasteiger charge is 2.70. The van der Waals surface area contributed by atoms with E-state index in [0.717, 1.165) is 4.90 Å². The topological polar surface area (TPSA) is 139 Å². The molecule has 0 spiro atoms. The number of nitrogens with zero attached hydrogens (tertiary/aromatic N) is 4. The van der Waals surface area contributed by atoms with Gasteiger partial charge in [0.15, 0.2) is 17.0 Å². The lowest BCUT2D eigenvalue weighted by Gasteiger charge is -2.47. The number of hydrogen-bond acceptors (Lipinski definition) is 6. The van der Waals surface area contributed by atoms with Crippen LogP contribution in [0, 0.1) is 0 Å². The van der Waals surface area contributed by atoms with E-state index in [-0.39, 0.29) is 49.0 Å². The summed E-state index contributed by atoms with van der Waals surface area (Å²) in [5.41, 5.74) is -0.505. The Morgan fingerprint density at radius 1 is 1.09 bits per heavy atom. The smallest absolute Gasteiger partial charge is 0.546 e. The Kier molecular flexibility index (Phi) is 5.90. The molecule has 3 N–H and O–H groups in total. The van der Waals surface area contributed by atoms with Gasteiger partial charge in [0.05, 0.1) is 12.1 Å². The van der Waals surface area contributed by atoms with Crippen molar-refractivity contribution in [2.45, 2.75) is 38.4 Å². The van der Waals surface area contributed by atoms with Gasteiger partial charge in [-0.1, -0.05) is 11.5 Å². The number of aliphatic carboxylic acids is 1. The van der Waals surface area contributed by atoms with Gasteiger partial charge in [-0.25, -0.2) is 9.69 Å². The normalized spacial score (nSPS) is 23.5. The molecule has 3 heterocycles. The number of Topliss-reactive ketones (excluding diaryl/α,β-unsaturated/α-hetero) is 1. The minimum absolute atomic E-state index is 0. The Labute approximate surface area is 195 Å². The zero-order valence-electron chi connectivity index (χ0n) is 17.9. The number of fused-ring (bicyclic) bond motifs is 1. The summed E-state index contributed by atoms with van der Waals surface area (Å²) in [5, 5.41) is 30.7. The molecule has 3 aliphatic rings. The van der Waals surface area contributed by atoms with Crippen LogP contribution in [0.5, 0.6) is 0 Å². The summed E-state index contributed by atoms with van der Waals surface area (Å²) >= 11 is 0. The molecule has 0 fully saturated rings. The molecule has 176 valence electrons. The van der Waals surface area contributed by atoms with Crippen molar-refractivity contribution in [3.05, 3.63) is 42.8 Å². The fraction of sp³-hybridized carbons (Fsp3) is 0.333. The van der Waals surface area contributed by atoms with Gasteiger partial charge in [0.2, 0.25) is 6.17 Å². The maximum absolute atomic E-state index is 13.1. The molecule has 2 unspecified atom stereocenters. The summed E-state index contributed by atoms with van der Waals surface area (Å²) in [4.78, 5) is 51.6. The van der Waals surface area contributed by atoms with E-state index < -0.39 is 34.5 Å². The van der Waals surface area contributed by atoms with E-state index in [0.29, 0.717) is 5.69 Å². The Balaban J connectivity index is 0.00000306.